The van der Waals surface area contributed by atoms with E-state index in [9.17, 15) is 4.79 Å². The average Bonchev–Trinajstić information content (AvgIpc) is 2.48. The van der Waals surface area contributed by atoms with Crippen molar-refractivity contribution in [2.45, 2.75) is 51.0 Å². The molecular formula is C17H27ClN2O. The second-order valence-corrected chi connectivity index (χ2v) is 6.04. The van der Waals surface area contributed by atoms with E-state index in [2.05, 4.69) is 35.6 Å². The number of halogens is 1. The molecule has 1 aromatic carbocycles. The van der Waals surface area contributed by atoms with Crippen LogP contribution in [0.5, 0.6) is 0 Å². The van der Waals surface area contributed by atoms with Crippen molar-refractivity contribution in [3.63, 3.8) is 0 Å². The molecule has 4 heteroatoms. The van der Waals surface area contributed by atoms with E-state index in [0.29, 0.717) is 24.8 Å². The number of carbonyl (C=O) groups is 1. The van der Waals surface area contributed by atoms with Crippen molar-refractivity contribution in [2.24, 2.45) is 11.7 Å². The molecule has 3 nitrogen and oxygen atoms in total. The molecule has 118 valence electrons. The van der Waals surface area contributed by atoms with Crippen LogP contribution in [0, 0.1) is 5.92 Å². The number of hydrogen-bond acceptors (Lipinski definition) is 2. The number of rotatable bonds is 5. The second-order valence-electron chi connectivity index (χ2n) is 6.04. The van der Waals surface area contributed by atoms with Crippen LogP contribution in [0.15, 0.2) is 30.3 Å². The summed E-state index contributed by atoms with van der Waals surface area (Å²) in [5.74, 6) is 1.38. The van der Waals surface area contributed by atoms with Crippen molar-refractivity contribution in [3.8, 4) is 0 Å². The summed E-state index contributed by atoms with van der Waals surface area (Å²) in [5.41, 5.74) is 6.97. The van der Waals surface area contributed by atoms with Crippen molar-refractivity contribution >= 4 is 18.3 Å². The Kier molecular flexibility index (Phi) is 7.76. The van der Waals surface area contributed by atoms with Crippen LogP contribution in [0.25, 0.3) is 0 Å². The van der Waals surface area contributed by atoms with Gasteiger partial charge in [-0.1, -0.05) is 30.3 Å². The summed E-state index contributed by atoms with van der Waals surface area (Å²) in [6.07, 6.45) is 5.38. The number of nitrogens with two attached hydrogens (primary N) is 1. The molecule has 0 radical (unpaired) electrons. The first-order valence-corrected chi connectivity index (χ1v) is 7.73. The maximum atomic E-state index is 11.9. The third kappa shape index (κ3) is 5.68. The Labute approximate surface area is 134 Å². The number of amides is 1. The zero-order valence-corrected chi connectivity index (χ0v) is 13.6. The molecule has 1 amide bonds. The van der Waals surface area contributed by atoms with E-state index in [1.54, 1.807) is 0 Å². The topological polar surface area (TPSA) is 55.1 Å². The monoisotopic (exact) mass is 310 g/mol. The lowest BCUT2D eigenvalue weighted by Crippen LogP contribution is -2.38. The van der Waals surface area contributed by atoms with Crippen LogP contribution >= 0.6 is 12.4 Å². The summed E-state index contributed by atoms with van der Waals surface area (Å²) in [6.45, 7) is 2.46. The number of benzene rings is 1. The van der Waals surface area contributed by atoms with E-state index in [1.807, 2.05) is 6.92 Å². The molecule has 0 spiro atoms. The molecule has 0 unspecified atom stereocenters. The zero-order chi connectivity index (χ0) is 14.4. The lowest BCUT2D eigenvalue weighted by molar-refractivity contribution is -0.122. The molecule has 0 bridgehead atoms. The molecule has 1 aliphatic rings. The van der Waals surface area contributed by atoms with Crippen molar-refractivity contribution in [2.75, 3.05) is 6.54 Å². The van der Waals surface area contributed by atoms with Gasteiger partial charge in [-0.2, -0.15) is 0 Å². The third-order valence-electron chi connectivity index (χ3n) is 4.35. The van der Waals surface area contributed by atoms with Gasteiger partial charge in [-0.3, -0.25) is 4.79 Å². The third-order valence-corrected chi connectivity index (χ3v) is 4.35. The molecule has 1 aliphatic carbocycles. The summed E-state index contributed by atoms with van der Waals surface area (Å²) < 4.78 is 0. The summed E-state index contributed by atoms with van der Waals surface area (Å²) in [7, 11) is 0. The van der Waals surface area contributed by atoms with Crippen LogP contribution in [0.4, 0.5) is 0 Å². The van der Waals surface area contributed by atoms with E-state index in [0.717, 1.165) is 12.8 Å². The Morgan fingerprint density at radius 2 is 1.86 bits per heavy atom. The Balaban J connectivity index is 0.00000220. The predicted octanol–water partition coefficient (Wildman–Crippen LogP) is 3.24. The van der Waals surface area contributed by atoms with E-state index in [4.69, 9.17) is 5.73 Å². The Hall–Kier alpha value is -1.06. The highest BCUT2D eigenvalue weighted by Gasteiger charge is 2.24. The summed E-state index contributed by atoms with van der Waals surface area (Å²) in [4.78, 5) is 11.9. The van der Waals surface area contributed by atoms with Crippen molar-refractivity contribution in [1.82, 2.24) is 5.32 Å². The fourth-order valence-electron chi connectivity index (χ4n) is 3.08. The average molecular weight is 311 g/mol. The minimum Gasteiger partial charge on any atom is -0.352 e. The molecule has 1 saturated carbocycles. The first-order chi connectivity index (χ1) is 9.69. The van der Waals surface area contributed by atoms with Gasteiger partial charge >= 0.3 is 0 Å². The van der Waals surface area contributed by atoms with Crippen LogP contribution in [0.2, 0.25) is 0 Å². The van der Waals surface area contributed by atoms with Gasteiger partial charge in [-0.25, -0.2) is 0 Å². The highest BCUT2D eigenvalue weighted by Crippen LogP contribution is 2.36. The number of nitrogens with one attached hydrogen (secondary N) is 1. The van der Waals surface area contributed by atoms with Crippen molar-refractivity contribution < 1.29 is 4.79 Å². The molecule has 1 atom stereocenters. The number of hydrogen-bond donors (Lipinski definition) is 2. The van der Waals surface area contributed by atoms with Crippen LogP contribution in [0.3, 0.4) is 0 Å². The molecule has 3 N–H and O–H groups in total. The lowest BCUT2D eigenvalue weighted by Gasteiger charge is -2.28. The summed E-state index contributed by atoms with van der Waals surface area (Å²) in [5, 5.41) is 2.96. The van der Waals surface area contributed by atoms with Gasteiger partial charge in [-0.15, -0.1) is 12.4 Å². The largest absolute Gasteiger partial charge is 0.352 e. The highest BCUT2D eigenvalue weighted by molar-refractivity contribution is 5.85. The van der Waals surface area contributed by atoms with E-state index >= 15 is 0 Å². The molecule has 0 heterocycles. The van der Waals surface area contributed by atoms with E-state index < -0.39 is 0 Å². The van der Waals surface area contributed by atoms with Gasteiger partial charge in [0.05, 0.1) is 0 Å². The minimum atomic E-state index is 0. The van der Waals surface area contributed by atoms with Gasteiger partial charge in [-0.05, 0) is 50.0 Å². The molecule has 2 rings (SSSR count). The van der Waals surface area contributed by atoms with Crippen molar-refractivity contribution in [3.05, 3.63) is 35.9 Å². The van der Waals surface area contributed by atoms with Crippen LogP contribution in [0.1, 0.15) is 50.5 Å². The van der Waals surface area contributed by atoms with Gasteiger partial charge in [0.15, 0.2) is 0 Å². The molecule has 0 aromatic heterocycles. The minimum absolute atomic E-state index is 0. The fraction of sp³-hybridized carbons (Fsp3) is 0.588. The highest BCUT2D eigenvalue weighted by atomic mass is 35.5. The van der Waals surface area contributed by atoms with Gasteiger partial charge < -0.3 is 11.1 Å². The molecular weight excluding hydrogens is 284 g/mol. The molecule has 1 fully saturated rings. The Morgan fingerprint density at radius 3 is 2.43 bits per heavy atom. The summed E-state index contributed by atoms with van der Waals surface area (Å²) in [6, 6.07) is 10.8. The van der Waals surface area contributed by atoms with Gasteiger partial charge in [0, 0.05) is 19.0 Å². The fourth-order valence-corrected chi connectivity index (χ4v) is 3.08. The SMILES string of the molecule is C[C@@H](CN)NC(=O)CC1CCC(c2ccccc2)CC1.Cl. The Morgan fingerprint density at radius 1 is 1.24 bits per heavy atom. The summed E-state index contributed by atoms with van der Waals surface area (Å²) >= 11 is 0. The Bertz CT molecular complexity index is 416. The van der Waals surface area contributed by atoms with E-state index in [1.165, 1.54) is 18.4 Å². The van der Waals surface area contributed by atoms with Crippen LogP contribution in [-0.4, -0.2) is 18.5 Å². The molecule has 0 saturated heterocycles. The normalized spacial score (nSPS) is 23.0. The zero-order valence-electron chi connectivity index (χ0n) is 12.8. The van der Waals surface area contributed by atoms with Gasteiger partial charge in [0.25, 0.3) is 0 Å². The standard InChI is InChI=1S/C17H26N2O.ClH/c1-13(12-18)19-17(20)11-14-7-9-16(10-8-14)15-5-3-2-4-6-15;/h2-6,13-14,16H,7-12,18H2,1H3,(H,19,20);1H/t13-,14?,16?;/m0./s1. The lowest BCUT2D eigenvalue weighted by atomic mass is 9.77. The van der Waals surface area contributed by atoms with Crippen LogP contribution in [-0.2, 0) is 4.79 Å². The van der Waals surface area contributed by atoms with Crippen molar-refractivity contribution in [1.29, 1.82) is 0 Å². The first-order valence-electron chi connectivity index (χ1n) is 7.73. The molecule has 0 aliphatic heterocycles. The predicted molar refractivity (Wildman–Crippen MR) is 89.7 cm³/mol. The van der Waals surface area contributed by atoms with Crippen LogP contribution < -0.4 is 11.1 Å². The second kappa shape index (κ2) is 9.06. The molecule has 1 aromatic rings. The quantitative estimate of drug-likeness (QED) is 0.877. The maximum Gasteiger partial charge on any atom is 0.220 e. The van der Waals surface area contributed by atoms with E-state index in [-0.39, 0.29) is 24.4 Å². The first kappa shape index (κ1) is 18.0. The van der Waals surface area contributed by atoms with Gasteiger partial charge in [0.2, 0.25) is 5.91 Å². The number of carbonyl (C=O) groups excluding carboxylic acids is 1. The van der Waals surface area contributed by atoms with Gasteiger partial charge in [0.1, 0.15) is 0 Å². The molecule has 21 heavy (non-hydrogen) atoms. The maximum absolute atomic E-state index is 11.9. The smallest absolute Gasteiger partial charge is 0.220 e.